The van der Waals surface area contributed by atoms with Crippen molar-refractivity contribution >= 4 is 32.6 Å². The first-order valence-electron chi connectivity index (χ1n) is 22.0. The number of pyridine rings is 3. The van der Waals surface area contributed by atoms with Crippen molar-refractivity contribution in [2.24, 2.45) is 0 Å². The van der Waals surface area contributed by atoms with E-state index in [-0.39, 0.29) is 32.7 Å². The molecule has 323 valence electrons. The molecule has 0 spiro atoms. The van der Waals surface area contributed by atoms with Crippen LogP contribution in [0.5, 0.6) is 0 Å². The number of fused-ring (bicyclic) bond motifs is 3. The number of rotatable bonds is 1. The first-order valence-corrected chi connectivity index (χ1v) is 22.0. The van der Waals surface area contributed by atoms with Gasteiger partial charge in [0.15, 0.2) is 0 Å². The first-order chi connectivity index (χ1) is 29.1. The van der Waals surface area contributed by atoms with E-state index in [9.17, 15) is 0 Å². The fourth-order valence-corrected chi connectivity index (χ4v) is 5.84. The maximum Gasteiger partial charge on any atom is 0.0731 e. The molecule has 5 aromatic carbocycles. The second-order valence-electron chi connectivity index (χ2n) is 13.0. The summed E-state index contributed by atoms with van der Waals surface area (Å²) in [4.78, 5) is 13.0. The molecule has 1 radical (unpaired) electrons. The molecule has 0 fully saturated rings. The Morgan fingerprint density at radius 1 is 0.410 bits per heavy atom. The summed E-state index contributed by atoms with van der Waals surface area (Å²) in [6, 6.07) is 44.1. The molecule has 0 N–H and O–H groups in total. The van der Waals surface area contributed by atoms with Crippen molar-refractivity contribution in [2.75, 3.05) is 0 Å². The molecule has 0 amide bonds. The zero-order valence-electron chi connectivity index (χ0n) is 41.0. The second-order valence-corrected chi connectivity index (χ2v) is 13.0. The maximum atomic E-state index is 4.38. The third kappa shape index (κ3) is 20.2. The maximum absolute atomic E-state index is 4.38. The minimum atomic E-state index is 0. The summed E-state index contributed by atoms with van der Waals surface area (Å²) in [7, 11) is 0. The molecule has 3 nitrogen and oxygen atoms in total. The standard InChI is InChI=1S/C14H12.3C11H11N.5C2H6.Y/c1-11-8-12(2)10-14(9-11)13-6-4-3-5-7-13;1-8-3-4-10-5-9(2)7-12-11(10)6-8;1-8-6-10-5-3-4-9(2)11(10)12-7-8;1-8-7-12-9(2)11-6-4-3-5-10(8)11;5*1-2;/h3-6,8-9H,1-2H3;3*3-7H,1-2H3;5*1-2H3;/q-2;;;;;;;;;. The number of para-hydroxylation sites is 1. The van der Waals surface area contributed by atoms with E-state index in [1.165, 1.54) is 60.5 Å². The van der Waals surface area contributed by atoms with Gasteiger partial charge < -0.3 is 0 Å². The van der Waals surface area contributed by atoms with Crippen molar-refractivity contribution in [3.63, 3.8) is 0 Å². The van der Waals surface area contributed by atoms with Gasteiger partial charge in [0.05, 0.1) is 11.0 Å². The first kappa shape index (κ1) is 58.5. The average Bonchev–Trinajstić information content (AvgIpc) is 3.29. The van der Waals surface area contributed by atoms with Crippen LogP contribution in [0.15, 0.2) is 128 Å². The van der Waals surface area contributed by atoms with E-state index in [1.807, 2.05) is 113 Å². The van der Waals surface area contributed by atoms with Gasteiger partial charge in [-0.3, -0.25) is 15.0 Å². The molecule has 0 aliphatic carbocycles. The van der Waals surface area contributed by atoms with Crippen molar-refractivity contribution in [3.05, 3.63) is 185 Å². The van der Waals surface area contributed by atoms with Crippen molar-refractivity contribution in [2.45, 2.75) is 125 Å². The molecular weight excluding hydrogens is 816 g/mol. The molecule has 0 aliphatic heterocycles. The number of hydrogen-bond acceptors (Lipinski definition) is 3. The molecule has 0 aliphatic rings. The normalized spacial score (nSPS) is 9.02. The van der Waals surface area contributed by atoms with Crippen LogP contribution >= 0.6 is 0 Å². The molecule has 61 heavy (non-hydrogen) atoms. The van der Waals surface area contributed by atoms with E-state index in [0.29, 0.717) is 0 Å². The number of aromatic nitrogens is 3. The number of hydrogen-bond donors (Lipinski definition) is 0. The third-order valence-corrected chi connectivity index (χ3v) is 8.37. The van der Waals surface area contributed by atoms with Gasteiger partial charge in [-0.25, -0.2) is 11.1 Å². The molecule has 8 aromatic rings. The van der Waals surface area contributed by atoms with Gasteiger partial charge in [0.25, 0.3) is 0 Å². The van der Waals surface area contributed by atoms with Crippen LogP contribution < -0.4 is 0 Å². The topological polar surface area (TPSA) is 38.7 Å². The Bertz CT molecular complexity index is 2260. The SMILES string of the molecule is CC.CC.CC.CC.CC.Cc1[c-]c(-c2[c-]cccc2)cc(C)c1.Cc1cnc(C)c2ccccc12.Cc1cnc2c(C)cccc2c1.Cc1cnc2cc(C)ccc2c1.[Y]. The van der Waals surface area contributed by atoms with Gasteiger partial charge in [0.1, 0.15) is 0 Å². The van der Waals surface area contributed by atoms with Crippen LogP contribution in [0.1, 0.15) is 114 Å². The Balaban J connectivity index is 0. The van der Waals surface area contributed by atoms with Crippen molar-refractivity contribution in [3.8, 4) is 11.1 Å². The van der Waals surface area contributed by atoms with Crippen LogP contribution in [-0.2, 0) is 32.7 Å². The Morgan fingerprint density at radius 2 is 1.00 bits per heavy atom. The van der Waals surface area contributed by atoms with Gasteiger partial charge >= 0.3 is 0 Å². The zero-order valence-corrected chi connectivity index (χ0v) is 43.9. The molecule has 8 rings (SSSR count). The van der Waals surface area contributed by atoms with E-state index in [4.69, 9.17) is 0 Å². The molecular formula is C57H75N3Y-2. The predicted octanol–water partition coefficient (Wildman–Crippen LogP) is 17.3. The zero-order chi connectivity index (χ0) is 45.6. The van der Waals surface area contributed by atoms with E-state index >= 15 is 0 Å². The van der Waals surface area contributed by atoms with Crippen molar-refractivity contribution in [1.82, 2.24) is 15.0 Å². The summed E-state index contributed by atoms with van der Waals surface area (Å²) in [6.45, 7) is 36.6. The van der Waals surface area contributed by atoms with Crippen molar-refractivity contribution < 1.29 is 32.7 Å². The van der Waals surface area contributed by atoms with Gasteiger partial charge in [-0.2, -0.15) is 36.4 Å². The van der Waals surface area contributed by atoms with Crippen LogP contribution in [0.4, 0.5) is 0 Å². The number of nitrogens with zero attached hydrogens (tertiary/aromatic N) is 3. The third-order valence-electron chi connectivity index (χ3n) is 8.37. The molecule has 3 aromatic heterocycles. The van der Waals surface area contributed by atoms with Gasteiger partial charge in [-0.1, -0.05) is 138 Å². The Kier molecular flexibility index (Phi) is 32.7. The van der Waals surface area contributed by atoms with E-state index in [0.717, 1.165) is 27.9 Å². The van der Waals surface area contributed by atoms with E-state index < -0.39 is 0 Å². The summed E-state index contributed by atoms with van der Waals surface area (Å²) in [5.74, 6) is 0. The molecule has 0 saturated carbocycles. The molecule has 0 saturated heterocycles. The van der Waals surface area contributed by atoms with Crippen LogP contribution in [-0.4, -0.2) is 15.0 Å². The van der Waals surface area contributed by atoms with Gasteiger partial charge in [-0.05, 0) is 92.9 Å². The minimum Gasteiger partial charge on any atom is -0.261 e. The molecule has 0 bridgehead atoms. The predicted molar refractivity (Wildman–Crippen MR) is 269 cm³/mol. The van der Waals surface area contributed by atoms with E-state index in [1.54, 1.807) is 0 Å². The van der Waals surface area contributed by atoms with E-state index in [2.05, 4.69) is 167 Å². The summed E-state index contributed by atoms with van der Waals surface area (Å²) >= 11 is 0. The average molecular weight is 891 g/mol. The van der Waals surface area contributed by atoms with Gasteiger partial charge in [-0.15, -0.1) is 23.3 Å². The summed E-state index contributed by atoms with van der Waals surface area (Å²) in [5, 5.41) is 5.03. The van der Waals surface area contributed by atoms with Crippen LogP contribution in [0.2, 0.25) is 0 Å². The second kappa shape index (κ2) is 34.1. The molecule has 4 heteroatoms. The van der Waals surface area contributed by atoms with Gasteiger partial charge in [0, 0.05) is 73.2 Å². The fourth-order valence-electron chi connectivity index (χ4n) is 5.84. The Morgan fingerprint density at radius 3 is 1.59 bits per heavy atom. The van der Waals surface area contributed by atoms with Gasteiger partial charge in [0.2, 0.25) is 0 Å². The van der Waals surface area contributed by atoms with Crippen molar-refractivity contribution in [1.29, 1.82) is 0 Å². The largest absolute Gasteiger partial charge is 0.261 e. The molecule has 3 heterocycles. The fraction of sp³-hybridized carbons (Fsp3) is 0.316. The summed E-state index contributed by atoms with van der Waals surface area (Å²) in [6.07, 6.45) is 5.74. The molecule has 0 atom stereocenters. The Labute approximate surface area is 397 Å². The summed E-state index contributed by atoms with van der Waals surface area (Å²) < 4.78 is 0. The van der Waals surface area contributed by atoms with Crippen LogP contribution in [0.3, 0.4) is 0 Å². The molecule has 0 unspecified atom stereocenters. The smallest absolute Gasteiger partial charge is 0.0731 e. The Hall–Kier alpha value is -4.57. The van der Waals surface area contributed by atoms with Crippen LogP contribution in [0, 0.1) is 67.5 Å². The number of benzene rings is 5. The monoisotopic (exact) mass is 891 g/mol. The summed E-state index contributed by atoms with van der Waals surface area (Å²) in [5.41, 5.74) is 14.2. The minimum absolute atomic E-state index is 0. The quantitative estimate of drug-likeness (QED) is 0.154. The van der Waals surface area contributed by atoms with Crippen LogP contribution in [0.25, 0.3) is 43.7 Å². The number of aryl methyl sites for hydroxylation is 8.